The number of rotatable bonds is 7. The summed E-state index contributed by atoms with van der Waals surface area (Å²) in [7, 11) is 0. The van der Waals surface area contributed by atoms with Gasteiger partial charge in [-0.05, 0) is 86.8 Å². The van der Waals surface area contributed by atoms with E-state index in [9.17, 15) is 4.79 Å². The average Bonchev–Trinajstić information content (AvgIpc) is 2.75. The highest BCUT2D eigenvalue weighted by molar-refractivity contribution is 5.96. The van der Waals surface area contributed by atoms with Crippen LogP contribution in [-0.4, -0.2) is 16.9 Å². The van der Waals surface area contributed by atoms with E-state index in [1.807, 2.05) is 37.3 Å². The van der Waals surface area contributed by atoms with Crippen molar-refractivity contribution in [1.29, 1.82) is 0 Å². The second-order valence-corrected chi connectivity index (χ2v) is 10.1. The molecule has 1 aliphatic rings. The largest absolute Gasteiger partial charge is 0.489 e. The van der Waals surface area contributed by atoms with Crippen molar-refractivity contribution in [3.63, 3.8) is 0 Å². The van der Waals surface area contributed by atoms with Gasteiger partial charge < -0.3 is 10.5 Å². The molecule has 2 aromatic carbocycles. The van der Waals surface area contributed by atoms with Crippen molar-refractivity contribution in [2.75, 3.05) is 5.73 Å². The van der Waals surface area contributed by atoms with Gasteiger partial charge in [-0.1, -0.05) is 38.5 Å². The molecule has 1 saturated carbocycles. The van der Waals surface area contributed by atoms with E-state index in [2.05, 4.69) is 37.9 Å². The van der Waals surface area contributed by atoms with Crippen LogP contribution in [0, 0.1) is 25.7 Å². The van der Waals surface area contributed by atoms with Crippen molar-refractivity contribution in [3.05, 3.63) is 64.8 Å². The van der Waals surface area contributed by atoms with E-state index in [0.29, 0.717) is 23.9 Å². The summed E-state index contributed by atoms with van der Waals surface area (Å²) >= 11 is 0. The first-order chi connectivity index (χ1) is 15.8. The Morgan fingerprint density at radius 3 is 2.70 bits per heavy atom. The average molecular weight is 445 g/mol. The summed E-state index contributed by atoms with van der Waals surface area (Å²) in [6.45, 7) is 8.29. The zero-order valence-corrected chi connectivity index (χ0v) is 20.4. The lowest BCUT2D eigenvalue weighted by atomic mass is 9.81. The molecule has 0 bridgehead atoms. The minimum absolute atomic E-state index is 0.125. The molecule has 1 heterocycles. The smallest absolute Gasteiger partial charge is 0.163 e. The van der Waals surface area contributed by atoms with Gasteiger partial charge in [-0.2, -0.15) is 0 Å². The SMILES string of the molecule is Cc1cc(N)c2c(O[C@@H]3CCCC[C@H]3Cc3cc(C(=O)CC(C)C)ccc3C)cccc2n1. The Morgan fingerprint density at radius 1 is 1.12 bits per heavy atom. The topological polar surface area (TPSA) is 65.2 Å². The number of aryl methyl sites for hydroxylation is 2. The molecule has 0 radical (unpaired) electrons. The number of pyridine rings is 1. The number of benzene rings is 2. The predicted octanol–water partition coefficient (Wildman–Crippen LogP) is 6.84. The van der Waals surface area contributed by atoms with E-state index >= 15 is 0 Å². The van der Waals surface area contributed by atoms with Crippen LogP contribution in [0.1, 0.15) is 73.1 Å². The summed E-state index contributed by atoms with van der Waals surface area (Å²) < 4.78 is 6.66. The molecule has 4 rings (SSSR count). The minimum Gasteiger partial charge on any atom is -0.489 e. The molecule has 0 aliphatic heterocycles. The summed E-state index contributed by atoms with van der Waals surface area (Å²) in [5, 5.41) is 0.907. The molecule has 2 N–H and O–H groups in total. The van der Waals surface area contributed by atoms with Gasteiger partial charge in [0, 0.05) is 23.4 Å². The summed E-state index contributed by atoms with van der Waals surface area (Å²) in [4.78, 5) is 17.3. The molecule has 0 saturated heterocycles. The molecule has 174 valence electrons. The molecule has 0 unspecified atom stereocenters. The third-order valence-corrected chi connectivity index (χ3v) is 6.82. The van der Waals surface area contributed by atoms with Gasteiger partial charge in [0.1, 0.15) is 11.9 Å². The van der Waals surface area contributed by atoms with Gasteiger partial charge in [0.2, 0.25) is 0 Å². The van der Waals surface area contributed by atoms with Crippen molar-refractivity contribution in [3.8, 4) is 5.75 Å². The van der Waals surface area contributed by atoms with Gasteiger partial charge in [-0.15, -0.1) is 0 Å². The Labute approximate surface area is 197 Å². The van der Waals surface area contributed by atoms with Gasteiger partial charge >= 0.3 is 0 Å². The van der Waals surface area contributed by atoms with Gasteiger partial charge in [0.05, 0.1) is 10.9 Å². The maximum atomic E-state index is 12.7. The number of nitrogens with zero attached hydrogens (tertiary/aromatic N) is 1. The Balaban J connectivity index is 1.58. The molecule has 4 heteroatoms. The second kappa shape index (κ2) is 9.94. The van der Waals surface area contributed by atoms with E-state index in [1.54, 1.807) is 0 Å². The Bertz CT molecular complexity index is 1150. The van der Waals surface area contributed by atoms with Crippen LogP contribution in [0.4, 0.5) is 5.69 Å². The van der Waals surface area contributed by atoms with E-state index in [1.165, 1.54) is 24.0 Å². The van der Waals surface area contributed by atoms with E-state index < -0.39 is 0 Å². The van der Waals surface area contributed by atoms with Gasteiger partial charge in [-0.3, -0.25) is 9.78 Å². The van der Waals surface area contributed by atoms with E-state index in [4.69, 9.17) is 10.5 Å². The maximum Gasteiger partial charge on any atom is 0.163 e. The Kier molecular flexibility index (Phi) is 7.02. The number of nitrogen functional groups attached to an aromatic ring is 1. The molecule has 1 fully saturated rings. The fourth-order valence-corrected chi connectivity index (χ4v) is 5.08. The summed E-state index contributed by atoms with van der Waals surface area (Å²) in [5.41, 5.74) is 12.2. The fraction of sp³-hybridized carbons (Fsp3) is 0.448. The van der Waals surface area contributed by atoms with Crippen molar-refractivity contribution in [2.45, 2.75) is 72.3 Å². The monoisotopic (exact) mass is 444 g/mol. The highest BCUT2D eigenvalue weighted by Crippen LogP contribution is 2.36. The van der Waals surface area contributed by atoms with Crippen LogP contribution in [0.25, 0.3) is 10.9 Å². The Hall–Kier alpha value is -2.88. The Morgan fingerprint density at radius 2 is 1.91 bits per heavy atom. The van der Waals surface area contributed by atoms with E-state index in [-0.39, 0.29) is 11.9 Å². The highest BCUT2D eigenvalue weighted by Gasteiger charge is 2.28. The number of nitrogens with two attached hydrogens (primary N) is 1. The van der Waals surface area contributed by atoms with Crippen molar-refractivity contribution < 1.29 is 9.53 Å². The second-order valence-electron chi connectivity index (χ2n) is 10.1. The normalized spacial score (nSPS) is 18.6. The first kappa shape index (κ1) is 23.3. The number of carbonyl (C=O) groups is 1. The first-order valence-electron chi connectivity index (χ1n) is 12.3. The maximum absolute atomic E-state index is 12.7. The van der Waals surface area contributed by atoms with E-state index in [0.717, 1.165) is 47.2 Å². The molecule has 0 spiro atoms. The molecule has 0 amide bonds. The van der Waals surface area contributed by atoms with Gasteiger partial charge in [0.15, 0.2) is 5.78 Å². The number of fused-ring (bicyclic) bond motifs is 1. The minimum atomic E-state index is 0.125. The van der Waals surface area contributed by atoms with Crippen LogP contribution in [0.2, 0.25) is 0 Å². The summed E-state index contributed by atoms with van der Waals surface area (Å²) in [6, 6.07) is 14.1. The van der Waals surface area contributed by atoms with Crippen LogP contribution < -0.4 is 10.5 Å². The lowest BCUT2D eigenvalue weighted by molar-refractivity contribution is 0.0940. The molecular weight excluding hydrogens is 408 g/mol. The molecule has 4 nitrogen and oxygen atoms in total. The zero-order valence-electron chi connectivity index (χ0n) is 20.4. The highest BCUT2D eigenvalue weighted by atomic mass is 16.5. The molecule has 3 aromatic rings. The van der Waals surface area contributed by atoms with Crippen LogP contribution in [0.15, 0.2) is 42.5 Å². The zero-order chi connectivity index (χ0) is 23.5. The molecular formula is C29H36N2O2. The number of Topliss-reactive ketones (excluding diaryl/α,β-unsaturated/α-hetero) is 1. The summed E-state index contributed by atoms with van der Waals surface area (Å²) in [6.07, 6.45) is 6.19. The number of ketones is 1. The fourth-order valence-electron chi connectivity index (χ4n) is 5.08. The lowest BCUT2D eigenvalue weighted by Gasteiger charge is -2.33. The van der Waals surface area contributed by atoms with Gasteiger partial charge in [0.25, 0.3) is 0 Å². The third kappa shape index (κ3) is 5.38. The molecule has 2 atom stereocenters. The van der Waals surface area contributed by atoms with Gasteiger partial charge in [-0.25, -0.2) is 0 Å². The van der Waals surface area contributed by atoms with Crippen molar-refractivity contribution >= 4 is 22.4 Å². The number of carbonyl (C=O) groups excluding carboxylic acids is 1. The summed E-state index contributed by atoms with van der Waals surface area (Å²) in [5.74, 6) is 1.83. The number of anilines is 1. The standard InChI is InChI=1S/C29H36N2O2/c1-18(2)14-26(32)21-13-12-19(3)23(16-21)17-22-8-5-6-10-27(22)33-28-11-7-9-25-29(28)24(30)15-20(4)31-25/h7,9,11-13,15-16,18,22,27H,5-6,8,10,14,17H2,1-4H3,(H2,30,31)/t22-,27+/m0/s1. The van der Waals surface area contributed by atoms with Crippen molar-refractivity contribution in [2.24, 2.45) is 11.8 Å². The number of aromatic nitrogens is 1. The van der Waals surface area contributed by atoms with Crippen LogP contribution in [-0.2, 0) is 6.42 Å². The number of hydrogen-bond donors (Lipinski definition) is 1. The first-order valence-corrected chi connectivity index (χ1v) is 12.3. The third-order valence-electron chi connectivity index (χ3n) is 6.82. The number of hydrogen-bond acceptors (Lipinski definition) is 4. The van der Waals surface area contributed by atoms with Crippen LogP contribution >= 0.6 is 0 Å². The number of ether oxygens (including phenoxy) is 1. The van der Waals surface area contributed by atoms with Crippen molar-refractivity contribution in [1.82, 2.24) is 4.98 Å². The molecule has 1 aromatic heterocycles. The molecule has 1 aliphatic carbocycles. The predicted molar refractivity (Wildman–Crippen MR) is 136 cm³/mol. The van der Waals surface area contributed by atoms with Crippen LogP contribution in [0.3, 0.4) is 0 Å². The lowest BCUT2D eigenvalue weighted by Crippen LogP contribution is -2.32. The quantitative estimate of drug-likeness (QED) is 0.405. The molecule has 33 heavy (non-hydrogen) atoms. The van der Waals surface area contributed by atoms with Crippen LogP contribution in [0.5, 0.6) is 5.75 Å².